The van der Waals surface area contributed by atoms with Crippen molar-refractivity contribution >= 4 is 17.5 Å². The molecule has 0 bridgehead atoms. The molecule has 0 fully saturated rings. The van der Waals surface area contributed by atoms with E-state index < -0.39 is 0 Å². The fourth-order valence-corrected chi connectivity index (χ4v) is 1.85. The summed E-state index contributed by atoms with van der Waals surface area (Å²) in [7, 11) is 1.62. The molecule has 0 heterocycles. The lowest BCUT2D eigenvalue weighted by molar-refractivity contribution is -0.129. The molecule has 0 saturated heterocycles. The molecule has 0 spiro atoms. The van der Waals surface area contributed by atoms with Crippen LogP contribution in [0.5, 0.6) is 0 Å². The van der Waals surface area contributed by atoms with Gasteiger partial charge in [0.15, 0.2) is 0 Å². The van der Waals surface area contributed by atoms with Gasteiger partial charge in [-0.1, -0.05) is 31.2 Å². The van der Waals surface area contributed by atoms with Crippen LogP contribution < -0.4 is 0 Å². The fourth-order valence-electron chi connectivity index (χ4n) is 1.68. The molecule has 0 saturated carbocycles. The lowest BCUT2D eigenvalue weighted by atomic mass is 10.1. The molecule has 0 unspecified atom stereocenters. The molecule has 0 aromatic heterocycles. The zero-order chi connectivity index (χ0) is 13.4. The van der Waals surface area contributed by atoms with Crippen molar-refractivity contribution in [2.75, 3.05) is 26.1 Å². The Kier molecular flexibility index (Phi) is 6.76. The van der Waals surface area contributed by atoms with Crippen LogP contribution in [0.3, 0.4) is 0 Å². The van der Waals surface area contributed by atoms with E-state index >= 15 is 0 Å². The summed E-state index contributed by atoms with van der Waals surface area (Å²) in [4.78, 5) is 13.4. The van der Waals surface area contributed by atoms with Crippen LogP contribution >= 0.6 is 11.6 Å². The van der Waals surface area contributed by atoms with E-state index in [1.54, 1.807) is 12.0 Å². The Morgan fingerprint density at radius 2 is 1.89 bits per heavy atom. The molecule has 0 aliphatic heterocycles. The van der Waals surface area contributed by atoms with Crippen LogP contribution in [0.2, 0.25) is 0 Å². The van der Waals surface area contributed by atoms with Crippen molar-refractivity contribution < 1.29 is 9.53 Å². The first-order chi connectivity index (χ1) is 8.71. The summed E-state index contributed by atoms with van der Waals surface area (Å²) >= 11 is 5.61. The van der Waals surface area contributed by atoms with Gasteiger partial charge in [-0.15, -0.1) is 11.6 Å². The van der Waals surface area contributed by atoms with E-state index in [0.29, 0.717) is 19.7 Å². The van der Waals surface area contributed by atoms with E-state index in [-0.39, 0.29) is 11.8 Å². The van der Waals surface area contributed by atoms with Gasteiger partial charge in [0.05, 0.1) is 6.61 Å². The van der Waals surface area contributed by atoms with Gasteiger partial charge in [0, 0.05) is 20.2 Å². The van der Waals surface area contributed by atoms with E-state index in [0.717, 1.165) is 12.0 Å². The molecule has 18 heavy (non-hydrogen) atoms. The van der Waals surface area contributed by atoms with E-state index in [1.165, 1.54) is 5.56 Å². The minimum atomic E-state index is -0.0618. The number of halogens is 1. The first-order valence-corrected chi connectivity index (χ1v) is 6.65. The SMILES string of the molecule is CCc1ccc(CN(CCOC)C(=O)CCl)cc1. The molecule has 0 N–H and O–H groups in total. The van der Waals surface area contributed by atoms with Gasteiger partial charge in [-0.3, -0.25) is 4.79 Å². The van der Waals surface area contributed by atoms with Crippen molar-refractivity contribution in [2.24, 2.45) is 0 Å². The zero-order valence-electron chi connectivity index (χ0n) is 11.0. The molecule has 1 rings (SSSR count). The minimum absolute atomic E-state index is 0.0107. The monoisotopic (exact) mass is 269 g/mol. The smallest absolute Gasteiger partial charge is 0.237 e. The second kappa shape index (κ2) is 8.11. The Morgan fingerprint density at radius 1 is 1.28 bits per heavy atom. The number of benzene rings is 1. The maximum atomic E-state index is 11.7. The highest BCUT2D eigenvalue weighted by atomic mass is 35.5. The molecular weight excluding hydrogens is 250 g/mol. The third-order valence-corrected chi connectivity index (χ3v) is 3.07. The van der Waals surface area contributed by atoms with Gasteiger partial charge in [-0.25, -0.2) is 0 Å². The van der Waals surface area contributed by atoms with Crippen molar-refractivity contribution in [1.29, 1.82) is 0 Å². The lowest BCUT2D eigenvalue weighted by Crippen LogP contribution is -2.34. The largest absolute Gasteiger partial charge is 0.383 e. The Bertz CT molecular complexity index is 365. The van der Waals surface area contributed by atoms with Crippen LogP contribution in [0.4, 0.5) is 0 Å². The molecule has 100 valence electrons. The summed E-state index contributed by atoms with van der Waals surface area (Å²) in [6.45, 7) is 3.79. The van der Waals surface area contributed by atoms with Crippen LogP contribution in [0, 0.1) is 0 Å². The average Bonchev–Trinajstić information content (AvgIpc) is 2.43. The van der Waals surface area contributed by atoms with Crippen LogP contribution in [-0.4, -0.2) is 36.9 Å². The van der Waals surface area contributed by atoms with Crippen molar-refractivity contribution in [2.45, 2.75) is 19.9 Å². The third kappa shape index (κ3) is 4.67. The molecule has 4 heteroatoms. The number of nitrogens with zero attached hydrogens (tertiary/aromatic N) is 1. The predicted octanol–water partition coefficient (Wildman–Crippen LogP) is 2.46. The summed E-state index contributed by atoms with van der Waals surface area (Å²) in [6, 6.07) is 8.30. The quantitative estimate of drug-likeness (QED) is 0.712. The highest BCUT2D eigenvalue weighted by Gasteiger charge is 2.12. The fraction of sp³-hybridized carbons (Fsp3) is 0.500. The maximum absolute atomic E-state index is 11.7. The van der Waals surface area contributed by atoms with Gasteiger partial charge in [0.25, 0.3) is 0 Å². The van der Waals surface area contributed by atoms with Crippen LogP contribution in [0.25, 0.3) is 0 Å². The number of methoxy groups -OCH3 is 1. The molecule has 0 aliphatic carbocycles. The van der Waals surface area contributed by atoms with E-state index in [2.05, 4.69) is 31.2 Å². The van der Waals surface area contributed by atoms with Gasteiger partial charge in [-0.05, 0) is 17.5 Å². The van der Waals surface area contributed by atoms with Crippen LogP contribution in [0.15, 0.2) is 24.3 Å². The number of rotatable bonds is 7. The van der Waals surface area contributed by atoms with Gasteiger partial charge in [-0.2, -0.15) is 0 Å². The normalized spacial score (nSPS) is 10.4. The summed E-state index contributed by atoms with van der Waals surface area (Å²) in [5.41, 5.74) is 2.41. The number of ether oxygens (including phenoxy) is 1. The standard InChI is InChI=1S/C14H20ClNO2/c1-3-12-4-6-13(7-5-12)11-16(8-9-18-2)14(17)10-15/h4-7H,3,8-11H2,1-2H3. The Hall–Kier alpha value is -1.06. The van der Waals surface area contributed by atoms with Crippen molar-refractivity contribution in [3.05, 3.63) is 35.4 Å². The van der Waals surface area contributed by atoms with E-state index in [1.807, 2.05) is 0 Å². The minimum Gasteiger partial charge on any atom is -0.383 e. The molecule has 1 amide bonds. The Balaban J connectivity index is 2.65. The summed E-state index contributed by atoms with van der Waals surface area (Å²) in [6.07, 6.45) is 1.02. The number of hydrogen-bond donors (Lipinski definition) is 0. The molecule has 3 nitrogen and oxygen atoms in total. The molecular formula is C14H20ClNO2. The van der Waals surface area contributed by atoms with Gasteiger partial charge >= 0.3 is 0 Å². The molecule has 0 radical (unpaired) electrons. The first kappa shape index (κ1) is 15.0. The number of aryl methyl sites for hydroxylation is 1. The van der Waals surface area contributed by atoms with Gasteiger partial charge in [0.1, 0.15) is 5.88 Å². The number of carbonyl (C=O) groups is 1. The lowest BCUT2D eigenvalue weighted by Gasteiger charge is -2.21. The molecule has 0 aliphatic rings. The molecule has 0 atom stereocenters. The number of hydrogen-bond acceptors (Lipinski definition) is 2. The summed E-state index contributed by atoms with van der Waals surface area (Å²) in [5, 5.41) is 0. The van der Waals surface area contributed by atoms with E-state index in [9.17, 15) is 4.79 Å². The zero-order valence-corrected chi connectivity index (χ0v) is 11.7. The van der Waals surface area contributed by atoms with Crippen molar-refractivity contribution in [3.63, 3.8) is 0 Å². The average molecular weight is 270 g/mol. The van der Waals surface area contributed by atoms with E-state index in [4.69, 9.17) is 16.3 Å². The topological polar surface area (TPSA) is 29.5 Å². The van der Waals surface area contributed by atoms with Gasteiger partial charge in [0.2, 0.25) is 5.91 Å². The second-order valence-electron chi connectivity index (χ2n) is 4.11. The van der Waals surface area contributed by atoms with Crippen LogP contribution in [0.1, 0.15) is 18.1 Å². The highest BCUT2D eigenvalue weighted by molar-refractivity contribution is 6.27. The predicted molar refractivity (Wildman–Crippen MR) is 73.8 cm³/mol. The van der Waals surface area contributed by atoms with Gasteiger partial charge < -0.3 is 9.64 Å². The van der Waals surface area contributed by atoms with Crippen molar-refractivity contribution in [3.8, 4) is 0 Å². The maximum Gasteiger partial charge on any atom is 0.237 e. The first-order valence-electron chi connectivity index (χ1n) is 6.11. The number of alkyl halides is 1. The second-order valence-corrected chi connectivity index (χ2v) is 4.38. The Morgan fingerprint density at radius 3 is 2.39 bits per heavy atom. The number of carbonyl (C=O) groups excluding carboxylic acids is 1. The Labute approximate surface area is 114 Å². The van der Waals surface area contributed by atoms with Crippen molar-refractivity contribution in [1.82, 2.24) is 4.90 Å². The molecule has 1 aromatic carbocycles. The highest BCUT2D eigenvalue weighted by Crippen LogP contribution is 2.09. The molecule has 1 aromatic rings. The third-order valence-electron chi connectivity index (χ3n) is 2.84. The number of amides is 1. The summed E-state index contributed by atoms with van der Waals surface area (Å²) in [5.74, 6) is -0.0511. The van der Waals surface area contributed by atoms with Crippen LogP contribution in [-0.2, 0) is 22.5 Å². The summed E-state index contributed by atoms with van der Waals surface area (Å²) < 4.78 is 5.00.